The molecule has 9 heteroatoms. The average Bonchev–Trinajstić information content (AvgIpc) is 2.30. The summed E-state index contributed by atoms with van der Waals surface area (Å²) in [6.07, 6.45) is 1.33. The van der Waals surface area contributed by atoms with Crippen molar-refractivity contribution in [1.29, 1.82) is 0 Å². The van der Waals surface area contributed by atoms with Crippen LogP contribution >= 0.6 is 0 Å². The smallest absolute Gasteiger partial charge is 0.285 e. The third kappa shape index (κ3) is 4.14. The molecule has 19 heavy (non-hydrogen) atoms. The summed E-state index contributed by atoms with van der Waals surface area (Å²) in [5, 5.41) is 10.6. The van der Waals surface area contributed by atoms with Crippen LogP contribution in [0.4, 0.5) is 5.69 Å². The third-order valence-electron chi connectivity index (χ3n) is 2.54. The summed E-state index contributed by atoms with van der Waals surface area (Å²) in [6, 6.07) is 2.22. The van der Waals surface area contributed by atoms with E-state index in [-0.39, 0.29) is 24.4 Å². The van der Waals surface area contributed by atoms with Gasteiger partial charge in [-0.3, -0.25) is 14.9 Å². The highest BCUT2D eigenvalue weighted by atomic mass is 32.2. The Labute approximate surface area is 110 Å². The van der Waals surface area contributed by atoms with E-state index in [1.165, 1.54) is 14.1 Å². The SMILES string of the molecule is CN(C)S(=O)(=O)CCCn1cc([N+](=O)[O-])ccc1=O. The molecule has 0 N–H and O–H groups in total. The number of aryl methyl sites for hydroxylation is 1. The molecule has 0 saturated heterocycles. The van der Waals surface area contributed by atoms with E-state index in [2.05, 4.69) is 0 Å². The van der Waals surface area contributed by atoms with Crippen LogP contribution in [0.3, 0.4) is 0 Å². The minimum absolute atomic E-state index is 0.116. The number of aromatic nitrogens is 1. The molecule has 1 heterocycles. The number of nitro groups is 1. The molecule has 0 radical (unpaired) electrons. The Morgan fingerprint density at radius 3 is 2.53 bits per heavy atom. The van der Waals surface area contributed by atoms with Crippen molar-refractivity contribution >= 4 is 15.7 Å². The fourth-order valence-electron chi connectivity index (χ4n) is 1.40. The molecule has 0 atom stereocenters. The summed E-state index contributed by atoms with van der Waals surface area (Å²) >= 11 is 0. The van der Waals surface area contributed by atoms with Crippen molar-refractivity contribution in [2.24, 2.45) is 0 Å². The largest absolute Gasteiger partial charge is 0.309 e. The van der Waals surface area contributed by atoms with Crippen LogP contribution in [-0.2, 0) is 16.6 Å². The summed E-state index contributed by atoms with van der Waals surface area (Å²) in [6.45, 7) is 0.119. The highest BCUT2D eigenvalue weighted by Crippen LogP contribution is 2.07. The van der Waals surface area contributed by atoms with E-state index in [4.69, 9.17) is 0 Å². The van der Waals surface area contributed by atoms with Crippen molar-refractivity contribution in [2.45, 2.75) is 13.0 Å². The van der Waals surface area contributed by atoms with E-state index in [0.717, 1.165) is 27.2 Å². The summed E-state index contributed by atoms with van der Waals surface area (Å²) in [5.41, 5.74) is -0.595. The van der Waals surface area contributed by atoms with Gasteiger partial charge in [-0.2, -0.15) is 0 Å². The Balaban J connectivity index is 2.76. The number of pyridine rings is 1. The molecule has 1 aromatic rings. The summed E-state index contributed by atoms with van der Waals surface area (Å²) in [7, 11) is -0.473. The Morgan fingerprint density at radius 2 is 2.00 bits per heavy atom. The maximum Gasteiger partial charge on any atom is 0.285 e. The first-order valence-electron chi connectivity index (χ1n) is 5.49. The van der Waals surface area contributed by atoms with Gasteiger partial charge in [0.2, 0.25) is 10.0 Å². The van der Waals surface area contributed by atoms with E-state index in [1.54, 1.807) is 0 Å². The second kappa shape index (κ2) is 5.93. The lowest BCUT2D eigenvalue weighted by Gasteiger charge is -2.11. The van der Waals surface area contributed by atoms with Crippen LogP contribution in [0.2, 0.25) is 0 Å². The minimum Gasteiger partial charge on any atom is -0.309 e. The van der Waals surface area contributed by atoms with Crippen molar-refractivity contribution < 1.29 is 13.3 Å². The first kappa shape index (κ1) is 15.3. The second-order valence-corrected chi connectivity index (χ2v) is 6.43. The molecule has 0 bridgehead atoms. The van der Waals surface area contributed by atoms with Gasteiger partial charge in [0.05, 0.1) is 16.9 Å². The van der Waals surface area contributed by atoms with E-state index < -0.39 is 20.5 Å². The van der Waals surface area contributed by atoms with Crippen LogP contribution < -0.4 is 5.56 Å². The molecular formula is C10H15N3O5S. The van der Waals surface area contributed by atoms with Gasteiger partial charge >= 0.3 is 0 Å². The molecule has 0 aliphatic carbocycles. The zero-order valence-corrected chi connectivity index (χ0v) is 11.5. The van der Waals surface area contributed by atoms with Crippen LogP contribution in [0, 0.1) is 10.1 Å². The molecule has 0 fully saturated rings. The van der Waals surface area contributed by atoms with Crippen molar-refractivity contribution in [3.63, 3.8) is 0 Å². The molecule has 0 spiro atoms. The Morgan fingerprint density at radius 1 is 1.37 bits per heavy atom. The number of rotatable bonds is 6. The zero-order valence-electron chi connectivity index (χ0n) is 10.6. The van der Waals surface area contributed by atoms with Crippen LogP contribution in [0.15, 0.2) is 23.1 Å². The van der Waals surface area contributed by atoms with Gasteiger partial charge in [-0.15, -0.1) is 0 Å². The number of nitrogens with zero attached hydrogens (tertiary/aromatic N) is 3. The maximum atomic E-state index is 11.5. The predicted molar refractivity (Wildman–Crippen MR) is 69.4 cm³/mol. The molecular weight excluding hydrogens is 274 g/mol. The third-order valence-corrected chi connectivity index (χ3v) is 4.45. The average molecular weight is 289 g/mol. The second-order valence-electron chi connectivity index (χ2n) is 4.13. The van der Waals surface area contributed by atoms with E-state index in [9.17, 15) is 23.3 Å². The molecule has 0 aliphatic rings. The molecule has 0 unspecified atom stereocenters. The maximum absolute atomic E-state index is 11.5. The van der Waals surface area contributed by atoms with Gasteiger partial charge in [0, 0.05) is 32.8 Å². The molecule has 0 aromatic carbocycles. The van der Waals surface area contributed by atoms with Crippen LogP contribution in [0.5, 0.6) is 0 Å². The van der Waals surface area contributed by atoms with Crippen molar-refractivity contribution in [2.75, 3.05) is 19.8 Å². The monoisotopic (exact) mass is 289 g/mol. The van der Waals surface area contributed by atoms with Crippen LogP contribution in [-0.4, -0.2) is 42.1 Å². The van der Waals surface area contributed by atoms with Crippen LogP contribution in [0.25, 0.3) is 0 Å². The van der Waals surface area contributed by atoms with Crippen molar-refractivity contribution in [3.8, 4) is 0 Å². The lowest BCUT2D eigenvalue weighted by molar-refractivity contribution is -0.385. The van der Waals surface area contributed by atoms with Gasteiger partial charge in [0.25, 0.3) is 11.2 Å². The Hall–Kier alpha value is -1.74. The molecule has 0 amide bonds. The van der Waals surface area contributed by atoms with E-state index >= 15 is 0 Å². The normalized spacial score (nSPS) is 11.7. The van der Waals surface area contributed by atoms with Crippen molar-refractivity contribution in [1.82, 2.24) is 8.87 Å². The lowest BCUT2D eigenvalue weighted by atomic mass is 10.4. The topological polar surface area (TPSA) is 103 Å². The summed E-state index contributed by atoms with van der Waals surface area (Å²) < 4.78 is 25.3. The first-order valence-corrected chi connectivity index (χ1v) is 7.10. The van der Waals surface area contributed by atoms with Gasteiger partial charge < -0.3 is 4.57 Å². The quantitative estimate of drug-likeness (QED) is 0.543. The highest BCUT2D eigenvalue weighted by Gasteiger charge is 2.13. The molecule has 1 aromatic heterocycles. The summed E-state index contributed by atoms with van der Waals surface area (Å²) in [4.78, 5) is 21.4. The van der Waals surface area contributed by atoms with Gasteiger partial charge in [0.1, 0.15) is 0 Å². The van der Waals surface area contributed by atoms with E-state index in [1.807, 2.05) is 0 Å². The minimum atomic E-state index is -3.32. The first-order chi connectivity index (χ1) is 8.74. The van der Waals surface area contributed by atoms with Gasteiger partial charge in [-0.1, -0.05) is 0 Å². The number of sulfonamides is 1. The standard InChI is InChI=1S/C10H15N3O5S/c1-11(2)19(17,18)7-3-6-12-8-9(13(15)16)4-5-10(12)14/h4-5,8H,3,6-7H2,1-2H3. The van der Waals surface area contributed by atoms with Gasteiger partial charge in [-0.05, 0) is 6.42 Å². The van der Waals surface area contributed by atoms with Crippen molar-refractivity contribution in [3.05, 3.63) is 38.8 Å². The molecule has 106 valence electrons. The molecule has 8 nitrogen and oxygen atoms in total. The molecule has 0 saturated carbocycles. The predicted octanol–water partition coefficient (Wildman–Crippen LogP) is 0.0380. The molecule has 0 aliphatic heterocycles. The van der Waals surface area contributed by atoms with Gasteiger partial charge in [-0.25, -0.2) is 12.7 Å². The summed E-state index contributed by atoms with van der Waals surface area (Å²) in [5.74, 6) is -0.116. The Kier molecular flexibility index (Phi) is 4.78. The highest BCUT2D eigenvalue weighted by molar-refractivity contribution is 7.89. The zero-order chi connectivity index (χ0) is 14.6. The molecule has 1 rings (SSSR count). The lowest BCUT2D eigenvalue weighted by Crippen LogP contribution is -2.27. The van der Waals surface area contributed by atoms with Crippen LogP contribution in [0.1, 0.15) is 6.42 Å². The van der Waals surface area contributed by atoms with Gasteiger partial charge in [0.15, 0.2) is 0 Å². The number of hydrogen-bond donors (Lipinski definition) is 0. The number of hydrogen-bond acceptors (Lipinski definition) is 5. The van der Waals surface area contributed by atoms with E-state index in [0.29, 0.717) is 0 Å². The fourth-order valence-corrected chi connectivity index (χ4v) is 2.26. The Bertz CT molecular complexity index is 620. The fraction of sp³-hybridized carbons (Fsp3) is 0.500.